The van der Waals surface area contributed by atoms with Gasteiger partial charge >= 0.3 is 0 Å². The zero-order valence-corrected chi connectivity index (χ0v) is 10.7. The van der Waals surface area contributed by atoms with Gasteiger partial charge in [-0.15, -0.1) is 0 Å². The third-order valence-electron chi connectivity index (χ3n) is 3.04. The van der Waals surface area contributed by atoms with Crippen molar-refractivity contribution in [3.05, 3.63) is 72.6 Å². The largest absolute Gasteiger partial charge is 0.256 e. The minimum absolute atomic E-state index is 0.951. The Morgan fingerprint density at radius 2 is 1.68 bits per heavy atom. The Bertz CT molecular complexity index is 690. The van der Waals surface area contributed by atoms with Crippen LogP contribution in [0.3, 0.4) is 0 Å². The minimum Gasteiger partial charge on any atom is -0.256 e. The van der Waals surface area contributed by atoms with Gasteiger partial charge in [0.05, 0.1) is 11.4 Å². The first-order valence-corrected chi connectivity index (χ1v) is 6.28. The molecule has 0 unspecified atom stereocenters. The van der Waals surface area contributed by atoms with Crippen molar-refractivity contribution in [2.75, 3.05) is 0 Å². The molecule has 0 bridgehead atoms. The lowest BCUT2D eigenvalue weighted by Crippen LogP contribution is -1.90. The number of pyridine rings is 2. The summed E-state index contributed by atoms with van der Waals surface area (Å²) in [6, 6.07) is 18.3. The highest BCUT2D eigenvalue weighted by atomic mass is 14.7. The molecule has 0 fully saturated rings. The Hall–Kier alpha value is -2.48. The summed E-state index contributed by atoms with van der Waals surface area (Å²) in [7, 11) is 0. The molecule has 0 saturated heterocycles. The predicted octanol–water partition coefficient (Wildman–Crippen LogP) is 4.12. The Morgan fingerprint density at radius 1 is 0.789 bits per heavy atom. The molecule has 92 valence electrons. The molecule has 2 aromatic heterocycles. The van der Waals surface area contributed by atoms with E-state index in [1.165, 1.54) is 5.56 Å². The van der Waals surface area contributed by atoms with Crippen molar-refractivity contribution in [1.82, 2.24) is 9.97 Å². The van der Waals surface area contributed by atoms with Crippen LogP contribution in [0.5, 0.6) is 0 Å². The first-order valence-electron chi connectivity index (χ1n) is 6.28. The van der Waals surface area contributed by atoms with Crippen molar-refractivity contribution in [1.29, 1.82) is 0 Å². The summed E-state index contributed by atoms with van der Waals surface area (Å²) in [6.07, 6.45) is 3.63. The molecule has 2 nitrogen and oxygen atoms in total. The molecule has 0 aliphatic rings. The van der Waals surface area contributed by atoms with Crippen LogP contribution in [-0.4, -0.2) is 9.97 Å². The SMILES string of the molecule is Cc1cccc(-c2ncccc2-c2ccccn2)c1. The summed E-state index contributed by atoms with van der Waals surface area (Å²) in [5.74, 6) is 0. The van der Waals surface area contributed by atoms with Gasteiger partial charge in [-0.25, -0.2) is 0 Å². The van der Waals surface area contributed by atoms with Crippen molar-refractivity contribution < 1.29 is 0 Å². The Morgan fingerprint density at radius 3 is 2.47 bits per heavy atom. The maximum atomic E-state index is 4.53. The topological polar surface area (TPSA) is 25.8 Å². The molecule has 1 aromatic carbocycles. The number of aromatic nitrogens is 2. The Labute approximate surface area is 112 Å². The summed E-state index contributed by atoms with van der Waals surface area (Å²) >= 11 is 0. The molecule has 2 heterocycles. The van der Waals surface area contributed by atoms with E-state index in [2.05, 4.69) is 47.2 Å². The van der Waals surface area contributed by atoms with Gasteiger partial charge in [0.2, 0.25) is 0 Å². The van der Waals surface area contributed by atoms with Gasteiger partial charge in [-0.1, -0.05) is 29.8 Å². The van der Waals surface area contributed by atoms with Crippen molar-refractivity contribution >= 4 is 0 Å². The van der Waals surface area contributed by atoms with Gasteiger partial charge in [-0.3, -0.25) is 9.97 Å². The van der Waals surface area contributed by atoms with Gasteiger partial charge in [0, 0.05) is 23.5 Å². The third-order valence-corrected chi connectivity index (χ3v) is 3.04. The second kappa shape index (κ2) is 5.02. The smallest absolute Gasteiger partial charge is 0.0796 e. The van der Waals surface area contributed by atoms with Gasteiger partial charge in [-0.05, 0) is 37.3 Å². The second-order valence-corrected chi connectivity index (χ2v) is 4.48. The number of benzene rings is 1. The number of hydrogen-bond donors (Lipinski definition) is 0. The van der Waals surface area contributed by atoms with Crippen molar-refractivity contribution in [2.45, 2.75) is 6.92 Å². The van der Waals surface area contributed by atoms with Gasteiger partial charge in [0.15, 0.2) is 0 Å². The zero-order valence-electron chi connectivity index (χ0n) is 10.7. The van der Waals surface area contributed by atoms with Crippen molar-refractivity contribution in [3.8, 4) is 22.5 Å². The van der Waals surface area contributed by atoms with Crippen LogP contribution >= 0.6 is 0 Å². The third kappa shape index (κ3) is 2.38. The highest BCUT2D eigenvalue weighted by Gasteiger charge is 2.08. The minimum atomic E-state index is 0.951. The predicted molar refractivity (Wildman–Crippen MR) is 77.6 cm³/mol. The van der Waals surface area contributed by atoms with E-state index in [1.807, 2.05) is 36.7 Å². The Kier molecular flexibility index (Phi) is 3.07. The molecule has 19 heavy (non-hydrogen) atoms. The van der Waals surface area contributed by atoms with Gasteiger partial charge < -0.3 is 0 Å². The highest BCUT2D eigenvalue weighted by molar-refractivity contribution is 5.78. The van der Waals surface area contributed by atoms with Crippen LogP contribution < -0.4 is 0 Å². The second-order valence-electron chi connectivity index (χ2n) is 4.48. The van der Waals surface area contributed by atoms with Gasteiger partial charge in [-0.2, -0.15) is 0 Å². The number of aryl methyl sites for hydroxylation is 1. The molecule has 3 aromatic rings. The first kappa shape index (κ1) is 11.6. The van der Waals surface area contributed by atoms with Crippen LogP contribution in [0.1, 0.15) is 5.56 Å². The van der Waals surface area contributed by atoms with E-state index in [9.17, 15) is 0 Å². The fourth-order valence-corrected chi connectivity index (χ4v) is 2.16. The fraction of sp³-hybridized carbons (Fsp3) is 0.0588. The van der Waals surface area contributed by atoms with Crippen molar-refractivity contribution in [3.63, 3.8) is 0 Å². The summed E-state index contributed by atoms with van der Waals surface area (Å²) in [5, 5.41) is 0. The van der Waals surface area contributed by atoms with E-state index < -0.39 is 0 Å². The fourth-order valence-electron chi connectivity index (χ4n) is 2.16. The molecule has 0 amide bonds. The molecule has 0 spiro atoms. The molecule has 0 aliphatic carbocycles. The first-order chi connectivity index (χ1) is 9.34. The molecule has 0 radical (unpaired) electrons. The Balaban J connectivity index is 2.18. The summed E-state index contributed by atoms with van der Waals surface area (Å²) < 4.78 is 0. The molecule has 2 heteroatoms. The van der Waals surface area contributed by atoms with Crippen LogP contribution in [-0.2, 0) is 0 Å². The highest BCUT2D eigenvalue weighted by Crippen LogP contribution is 2.28. The average molecular weight is 246 g/mol. The molecular weight excluding hydrogens is 232 g/mol. The van der Waals surface area contributed by atoms with E-state index in [4.69, 9.17) is 0 Å². The van der Waals surface area contributed by atoms with Crippen LogP contribution in [0.2, 0.25) is 0 Å². The lowest BCUT2D eigenvalue weighted by molar-refractivity contribution is 1.27. The lowest BCUT2D eigenvalue weighted by atomic mass is 10.0. The van der Waals surface area contributed by atoms with E-state index >= 15 is 0 Å². The normalized spacial score (nSPS) is 10.4. The monoisotopic (exact) mass is 246 g/mol. The van der Waals surface area contributed by atoms with E-state index in [0.717, 1.165) is 22.5 Å². The van der Waals surface area contributed by atoms with Crippen molar-refractivity contribution in [2.24, 2.45) is 0 Å². The number of nitrogens with zero attached hydrogens (tertiary/aromatic N) is 2. The van der Waals surface area contributed by atoms with E-state index in [1.54, 1.807) is 0 Å². The quantitative estimate of drug-likeness (QED) is 0.679. The molecule has 0 saturated carbocycles. The van der Waals surface area contributed by atoms with Crippen LogP contribution in [0.4, 0.5) is 0 Å². The molecule has 0 aliphatic heterocycles. The van der Waals surface area contributed by atoms with Crippen LogP contribution in [0, 0.1) is 6.92 Å². The van der Waals surface area contributed by atoms with Crippen LogP contribution in [0.15, 0.2) is 67.0 Å². The number of hydrogen-bond acceptors (Lipinski definition) is 2. The average Bonchev–Trinajstić information content (AvgIpc) is 2.48. The lowest BCUT2D eigenvalue weighted by Gasteiger charge is -2.08. The van der Waals surface area contributed by atoms with Crippen LogP contribution in [0.25, 0.3) is 22.5 Å². The van der Waals surface area contributed by atoms with Gasteiger partial charge in [0.25, 0.3) is 0 Å². The maximum absolute atomic E-state index is 4.53. The standard InChI is InChI=1S/C17H14N2/c1-13-6-4-7-14(12-13)17-15(8-5-11-19-17)16-9-2-3-10-18-16/h2-12H,1H3. The van der Waals surface area contributed by atoms with Gasteiger partial charge in [0.1, 0.15) is 0 Å². The molecule has 0 atom stereocenters. The molecular formula is C17H14N2. The molecule has 0 N–H and O–H groups in total. The molecule has 3 rings (SSSR count). The van der Waals surface area contributed by atoms with E-state index in [0.29, 0.717) is 0 Å². The number of rotatable bonds is 2. The van der Waals surface area contributed by atoms with E-state index in [-0.39, 0.29) is 0 Å². The zero-order chi connectivity index (χ0) is 13.1. The maximum Gasteiger partial charge on any atom is 0.0796 e. The summed E-state index contributed by atoms with van der Waals surface area (Å²) in [5.41, 5.74) is 5.35. The summed E-state index contributed by atoms with van der Waals surface area (Å²) in [6.45, 7) is 2.09. The summed E-state index contributed by atoms with van der Waals surface area (Å²) in [4.78, 5) is 8.94.